The zero-order valence-corrected chi connectivity index (χ0v) is 11.4. The molecule has 0 aliphatic carbocycles. The lowest BCUT2D eigenvalue weighted by atomic mass is 10.2. The predicted octanol–water partition coefficient (Wildman–Crippen LogP) is 1.19. The molecule has 0 aromatic carbocycles. The Hall–Kier alpha value is -1.85. The van der Waals surface area contributed by atoms with Crippen molar-refractivity contribution in [2.75, 3.05) is 6.54 Å². The van der Waals surface area contributed by atoms with E-state index in [9.17, 15) is 9.59 Å². The SMILES string of the molecule is CC(C)OC(=O)CCCC(=O)NCCc1cnc[nH]1. The van der Waals surface area contributed by atoms with Gasteiger partial charge in [0.25, 0.3) is 0 Å². The molecule has 0 saturated carbocycles. The number of aromatic nitrogens is 2. The third-order valence-electron chi connectivity index (χ3n) is 2.42. The lowest BCUT2D eigenvalue weighted by molar-refractivity contribution is -0.147. The van der Waals surface area contributed by atoms with Gasteiger partial charge in [0, 0.05) is 37.7 Å². The standard InChI is InChI=1S/C13H21N3O3/c1-10(2)19-13(18)5-3-4-12(17)15-7-6-11-8-14-9-16-11/h8-10H,3-7H2,1-2H3,(H,14,16)(H,15,17). The minimum Gasteiger partial charge on any atom is -0.463 e. The van der Waals surface area contributed by atoms with Gasteiger partial charge in [0.05, 0.1) is 12.4 Å². The summed E-state index contributed by atoms with van der Waals surface area (Å²) in [6, 6.07) is 0. The summed E-state index contributed by atoms with van der Waals surface area (Å²) in [5.74, 6) is -0.294. The first-order valence-electron chi connectivity index (χ1n) is 6.51. The van der Waals surface area contributed by atoms with E-state index in [2.05, 4.69) is 15.3 Å². The Morgan fingerprint density at radius 2 is 2.21 bits per heavy atom. The molecule has 1 aromatic heterocycles. The topological polar surface area (TPSA) is 84.1 Å². The summed E-state index contributed by atoms with van der Waals surface area (Å²) in [6.07, 6.45) is 5.10. The molecule has 6 heteroatoms. The number of carbonyl (C=O) groups excluding carboxylic acids is 2. The molecule has 1 rings (SSSR count). The number of hydrogen-bond donors (Lipinski definition) is 2. The maximum Gasteiger partial charge on any atom is 0.306 e. The Bertz CT molecular complexity index is 388. The van der Waals surface area contributed by atoms with Crippen molar-refractivity contribution in [3.8, 4) is 0 Å². The van der Waals surface area contributed by atoms with Gasteiger partial charge in [-0.05, 0) is 20.3 Å². The van der Waals surface area contributed by atoms with E-state index in [4.69, 9.17) is 4.74 Å². The van der Waals surface area contributed by atoms with E-state index in [-0.39, 0.29) is 24.4 Å². The van der Waals surface area contributed by atoms with Gasteiger partial charge in [0.2, 0.25) is 5.91 Å². The fourth-order valence-corrected chi connectivity index (χ4v) is 1.56. The van der Waals surface area contributed by atoms with Crippen LogP contribution in [0.2, 0.25) is 0 Å². The maximum atomic E-state index is 11.5. The van der Waals surface area contributed by atoms with Crippen LogP contribution in [0.25, 0.3) is 0 Å². The summed E-state index contributed by atoms with van der Waals surface area (Å²) in [4.78, 5) is 29.6. The normalized spacial score (nSPS) is 10.5. The van der Waals surface area contributed by atoms with Crippen LogP contribution >= 0.6 is 0 Å². The molecule has 0 spiro atoms. The third-order valence-corrected chi connectivity index (χ3v) is 2.42. The molecule has 0 saturated heterocycles. The van der Waals surface area contributed by atoms with E-state index < -0.39 is 0 Å². The molecule has 2 N–H and O–H groups in total. The van der Waals surface area contributed by atoms with Crippen molar-refractivity contribution in [3.63, 3.8) is 0 Å². The van der Waals surface area contributed by atoms with Crippen LogP contribution in [0.5, 0.6) is 0 Å². The van der Waals surface area contributed by atoms with Crippen molar-refractivity contribution in [2.45, 2.75) is 45.6 Å². The van der Waals surface area contributed by atoms with Crippen molar-refractivity contribution in [1.82, 2.24) is 15.3 Å². The number of hydrogen-bond acceptors (Lipinski definition) is 4. The van der Waals surface area contributed by atoms with Crippen molar-refractivity contribution in [2.24, 2.45) is 0 Å². The molecule has 0 fully saturated rings. The largest absolute Gasteiger partial charge is 0.463 e. The molecule has 0 atom stereocenters. The highest BCUT2D eigenvalue weighted by Gasteiger charge is 2.07. The second kappa shape index (κ2) is 8.29. The number of rotatable bonds is 8. The molecule has 0 aliphatic rings. The van der Waals surface area contributed by atoms with E-state index in [1.807, 2.05) is 0 Å². The Morgan fingerprint density at radius 3 is 2.84 bits per heavy atom. The average molecular weight is 267 g/mol. The van der Waals surface area contributed by atoms with E-state index in [0.717, 1.165) is 12.1 Å². The summed E-state index contributed by atoms with van der Waals surface area (Å²) in [5, 5.41) is 2.80. The quantitative estimate of drug-likeness (QED) is 0.693. The maximum absolute atomic E-state index is 11.5. The lowest BCUT2D eigenvalue weighted by Gasteiger charge is -2.07. The molecular formula is C13H21N3O3. The van der Waals surface area contributed by atoms with E-state index in [1.165, 1.54) is 0 Å². The summed E-state index contributed by atoms with van der Waals surface area (Å²) in [7, 11) is 0. The Kier molecular flexibility index (Phi) is 6.63. The number of carbonyl (C=O) groups is 2. The minimum atomic E-state index is -0.250. The van der Waals surface area contributed by atoms with Gasteiger partial charge in [-0.3, -0.25) is 9.59 Å². The molecule has 19 heavy (non-hydrogen) atoms. The minimum absolute atomic E-state index is 0.0446. The van der Waals surface area contributed by atoms with Gasteiger partial charge in [-0.15, -0.1) is 0 Å². The molecule has 0 aliphatic heterocycles. The molecule has 6 nitrogen and oxygen atoms in total. The van der Waals surface area contributed by atoms with Gasteiger partial charge in [-0.1, -0.05) is 0 Å². The molecule has 0 radical (unpaired) electrons. The van der Waals surface area contributed by atoms with Gasteiger partial charge < -0.3 is 15.0 Å². The van der Waals surface area contributed by atoms with Crippen molar-refractivity contribution >= 4 is 11.9 Å². The fourth-order valence-electron chi connectivity index (χ4n) is 1.56. The van der Waals surface area contributed by atoms with Gasteiger partial charge >= 0.3 is 5.97 Å². The molecule has 0 unspecified atom stereocenters. The lowest BCUT2D eigenvalue weighted by Crippen LogP contribution is -2.25. The van der Waals surface area contributed by atoms with E-state index >= 15 is 0 Å². The van der Waals surface area contributed by atoms with Crippen LogP contribution in [0.4, 0.5) is 0 Å². The summed E-state index contributed by atoms with van der Waals surface area (Å²) >= 11 is 0. The highest BCUT2D eigenvalue weighted by molar-refractivity contribution is 5.77. The zero-order chi connectivity index (χ0) is 14.1. The highest BCUT2D eigenvalue weighted by Crippen LogP contribution is 2.00. The Morgan fingerprint density at radius 1 is 1.42 bits per heavy atom. The number of ether oxygens (including phenoxy) is 1. The number of H-pyrrole nitrogens is 1. The molecule has 106 valence electrons. The second-order valence-electron chi connectivity index (χ2n) is 4.57. The predicted molar refractivity (Wildman–Crippen MR) is 70.4 cm³/mol. The van der Waals surface area contributed by atoms with Crippen LogP contribution in [-0.2, 0) is 20.7 Å². The molecule has 1 amide bonds. The smallest absolute Gasteiger partial charge is 0.306 e. The Labute approximate surface area is 112 Å². The number of imidazole rings is 1. The zero-order valence-electron chi connectivity index (χ0n) is 11.4. The molecular weight excluding hydrogens is 246 g/mol. The first-order valence-corrected chi connectivity index (χ1v) is 6.51. The van der Waals surface area contributed by atoms with Crippen LogP contribution < -0.4 is 5.32 Å². The van der Waals surface area contributed by atoms with Crippen LogP contribution in [0.15, 0.2) is 12.5 Å². The monoisotopic (exact) mass is 267 g/mol. The summed E-state index contributed by atoms with van der Waals surface area (Å²) < 4.78 is 4.98. The van der Waals surface area contributed by atoms with E-state index in [0.29, 0.717) is 19.4 Å². The number of nitrogens with zero attached hydrogens (tertiary/aromatic N) is 1. The third kappa shape index (κ3) is 7.23. The van der Waals surface area contributed by atoms with E-state index in [1.54, 1.807) is 26.4 Å². The van der Waals surface area contributed by atoms with Crippen LogP contribution in [0.1, 0.15) is 38.8 Å². The first-order chi connectivity index (χ1) is 9.08. The van der Waals surface area contributed by atoms with Crippen LogP contribution in [0, 0.1) is 0 Å². The van der Waals surface area contributed by atoms with Gasteiger partial charge in [0.1, 0.15) is 0 Å². The number of nitrogens with one attached hydrogen (secondary N) is 2. The number of amides is 1. The first kappa shape index (κ1) is 15.2. The van der Waals surface area contributed by atoms with Crippen LogP contribution in [-0.4, -0.2) is 34.5 Å². The van der Waals surface area contributed by atoms with Gasteiger partial charge in [-0.25, -0.2) is 4.98 Å². The number of esters is 1. The fraction of sp³-hybridized carbons (Fsp3) is 0.615. The van der Waals surface area contributed by atoms with Crippen molar-refractivity contribution in [1.29, 1.82) is 0 Å². The second-order valence-corrected chi connectivity index (χ2v) is 4.57. The van der Waals surface area contributed by atoms with Gasteiger partial charge in [-0.2, -0.15) is 0 Å². The molecule has 1 heterocycles. The Balaban J connectivity index is 2.03. The molecule has 1 aromatic rings. The number of aromatic amines is 1. The highest BCUT2D eigenvalue weighted by atomic mass is 16.5. The van der Waals surface area contributed by atoms with Crippen molar-refractivity contribution in [3.05, 3.63) is 18.2 Å². The van der Waals surface area contributed by atoms with Gasteiger partial charge in [0.15, 0.2) is 0 Å². The average Bonchev–Trinajstić information content (AvgIpc) is 2.81. The summed E-state index contributed by atoms with van der Waals surface area (Å²) in [5.41, 5.74) is 0.987. The van der Waals surface area contributed by atoms with Crippen molar-refractivity contribution < 1.29 is 14.3 Å². The molecule has 0 bridgehead atoms. The van der Waals surface area contributed by atoms with Crippen LogP contribution in [0.3, 0.4) is 0 Å². The summed E-state index contributed by atoms with van der Waals surface area (Å²) in [6.45, 7) is 4.18.